The smallest absolute Gasteiger partial charge is 0.164 e. The molecule has 1 unspecified atom stereocenters. The zero-order valence-electron chi connectivity index (χ0n) is 14.7. The van der Waals surface area contributed by atoms with Gasteiger partial charge in [0.1, 0.15) is 18.0 Å². The van der Waals surface area contributed by atoms with Gasteiger partial charge in [0.2, 0.25) is 0 Å². The molecule has 0 aliphatic carbocycles. The molecule has 0 saturated heterocycles. The second-order valence-electron chi connectivity index (χ2n) is 6.16. The largest absolute Gasteiger partial charge is 0.493 e. The van der Waals surface area contributed by atoms with E-state index in [0.29, 0.717) is 33.9 Å². The Balaban J connectivity index is 2.03. The van der Waals surface area contributed by atoms with Gasteiger partial charge in [-0.25, -0.2) is 14.4 Å². The predicted octanol–water partition coefficient (Wildman–Crippen LogP) is 5.05. The zero-order chi connectivity index (χ0) is 19.1. The molecule has 1 aromatic heterocycles. The molecule has 0 amide bonds. The van der Waals surface area contributed by atoms with Crippen molar-refractivity contribution < 1.29 is 13.9 Å². The van der Waals surface area contributed by atoms with Gasteiger partial charge in [0, 0.05) is 26.6 Å². The quantitative estimate of drug-likeness (QED) is 0.340. The van der Waals surface area contributed by atoms with Crippen molar-refractivity contribution in [1.82, 2.24) is 9.97 Å². The number of hydrogen-bond donors (Lipinski definition) is 0. The first-order chi connectivity index (χ1) is 13.1. The first-order valence-electron chi connectivity index (χ1n) is 8.27. The first kappa shape index (κ1) is 18.7. The topological polar surface area (TPSA) is 47.5 Å². The fourth-order valence-electron chi connectivity index (χ4n) is 3.60. The van der Waals surface area contributed by atoms with Gasteiger partial charge in [-0.05, 0) is 24.6 Å². The van der Waals surface area contributed by atoms with E-state index in [1.165, 1.54) is 12.4 Å². The maximum atomic E-state index is 14.8. The molecule has 27 heavy (non-hydrogen) atoms. The Kier molecular flexibility index (Phi) is 5.11. The van der Waals surface area contributed by atoms with Crippen LogP contribution in [0.4, 0.5) is 15.9 Å². The molecule has 0 spiro atoms. The molecule has 1 atom stereocenters. The second kappa shape index (κ2) is 7.38. The molecule has 0 fully saturated rings. The highest BCUT2D eigenvalue weighted by molar-refractivity contribution is 14.1. The summed E-state index contributed by atoms with van der Waals surface area (Å²) < 4.78 is 27.4. The minimum atomic E-state index is -0.296. The lowest BCUT2D eigenvalue weighted by atomic mass is 9.94. The van der Waals surface area contributed by atoms with Crippen LogP contribution in [-0.2, 0) is 6.42 Å². The molecule has 1 aliphatic heterocycles. The van der Waals surface area contributed by atoms with Crippen molar-refractivity contribution in [3.63, 3.8) is 0 Å². The van der Waals surface area contributed by atoms with Gasteiger partial charge in [0.15, 0.2) is 11.5 Å². The SMILES string of the molecule is COc1cc2ncnc3c2c(c1OC)CC(CI)N3c1ccc(Br)cc1F. The average molecular weight is 544 g/mol. The van der Waals surface area contributed by atoms with Crippen molar-refractivity contribution in [3.05, 3.63) is 46.4 Å². The summed E-state index contributed by atoms with van der Waals surface area (Å²) in [6.45, 7) is 0. The van der Waals surface area contributed by atoms with Gasteiger partial charge in [0.25, 0.3) is 0 Å². The summed E-state index contributed by atoms with van der Waals surface area (Å²) in [5, 5.41) is 0.874. The Morgan fingerprint density at radius 3 is 2.74 bits per heavy atom. The number of halogens is 3. The normalized spacial score (nSPS) is 15.9. The van der Waals surface area contributed by atoms with E-state index in [2.05, 4.69) is 48.5 Å². The monoisotopic (exact) mass is 543 g/mol. The molecule has 4 rings (SSSR count). The summed E-state index contributed by atoms with van der Waals surface area (Å²) in [5.74, 6) is 1.71. The molecule has 3 aromatic rings. The van der Waals surface area contributed by atoms with Gasteiger partial charge >= 0.3 is 0 Å². The van der Waals surface area contributed by atoms with Gasteiger partial charge < -0.3 is 14.4 Å². The number of nitrogens with zero attached hydrogens (tertiary/aromatic N) is 3. The van der Waals surface area contributed by atoms with Crippen molar-refractivity contribution in [2.45, 2.75) is 12.5 Å². The van der Waals surface area contributed by atoms with Crippen molar-refractivity contribution in [2.24, 2.45) is 0 Å². The van der Waals surface area contributed by atoms with E-state index in [0.717, 1.165) is 20.9 Å². The molecule has 0 N–H and O–H groups in total. The molecule has 140 valence electrons. The van der Waals surface area contributed by atoms with Crippen LogP contribution in [0, 0.1) is 5.82 Å². The number of ether oxygens (including phenoxy) is 2. The lowest BCUT2D eigenvalue weighted by molar-refractivity contribution is 0.351. The number of alkyl halides is 1. The molecule has 1 aliphatic rings. The molecule has 0 bridgehead atoms. The Morgan fingerprint density at radius 1 is 1.26 bits per heavy atom. The lowest BCUT2D eigenvalue weighted by Gasteiger charge is -2.37. The number of hydrogen-bond acceptors (Lipinski definition) is 5. The molecular formula is C19H16BrFIN3O2. The van der Waals surface area contributed by atoms with Crippen LogP contribution in [0.3, 0.4) is 0 Å². The highest BCUT2D eigenvalue weighted by Crippen LogP contribution is 2.46. The zero-order valence-corrected chi connectivity index (χ0v) is 18.4. The fourth-order valence-corrected chi connectivity index (χ4v) is 4.64. The summed E-state index contributed by atoms with van der Waals surface area (Å²) in [6.07, 6.45) is 2.18. The summed E-state index contributed by atoms with van der Waals surface area (Å²) in [7, 11) is 3.24. The van der Waals surface area contributed by atoms with E-state index in [1.54, 1.807) is 20.3 Å². The molecule has 8 heteroatoms. The lowest BCUT2D eigenvalue weighted by Crippen LogP contribution is -2.38. The summed E-state index contributed by atoms with van der Waals surface area (Å²) in [4.78, 5) is 10.9. The predicted molar refractivity (Wildman–Crippen MR) is 115 cm³/mol. The van der Waals surface area contributed by atoms with Crippen LogP contribution >= 0.6 is 38.5 Å². The van der Waals surface area contributed by atoms with Crippen LogP contribution < -0.4 is 14.4 Å². The van der Waals surface area contributed by atoms with E-state index in [1.807, 2.05) is 17.0 Å². The number of benzene rings is 2. The molecule has 0 saturated carbocycles. The summed E-state index contributed by atoms with van der Waals surface area (Å²) >= 11 is 5.65. The van der Waals surface area contributed by atoms with E-state index < -0.39 is 0 Å². The Bertz CT molecular complexity index is 1030. The highest BCUT2D eigenvalue weighted by atomic mass is 127. The standard InChI is InChI=1S/C19H16BrFIN3O2/c1-26-16-7-14-17-12(18(16)27-2)6-11(8-22)25(19(17)24-9-23-14)15-4-3-10(20)5-13(15)21/h3-5,7,9,11H,6,8H2,1-2H3. The molecule has 5 nitrogen and oxygen atoms in total. The van der Waals surface area contributed by atoms with Gasteiger partial charge in [0.05, 0.1) is 30.8 Å². The summed E-state index contributed by atoms with van der Waals surface area (Å²) in [6, 6.07) is 6.95. The molecule has 2 heterocycles. The fraction of sp³-hybridized carbons (Fsp3) is 0.263. The Morgan fingerprint density at radius 2 is 2.07 bits per heavy atom. The third-order valence-electron chi connectivity index (χ3n) is 4.73. The Hall–Kier alpha value is -1.68. The van der Waals surface area contributed by atoms with Crippen LogP contribution in [0.2, 0.25) is 0 Å². The minimum Gasteiger partial charge on any atom is -0.493 e. The maximum absolute atomic E-state index is 14.8. The molecular weight excluding hydrogens is 528 g/mol. The number of rotatable bonds is 4. The number of methoxy groups -OCH3 is 2. The maximum Gasteiger partial charge on any atom is 0.164 e. The van der Waals surface area contributed by atoms with Gasteiger partial charge in [-0.3, -0.25) is 0 Å². The van der Waals surface area contributed by atoms with Crippen molar-refractivity contribution in [1.29, 1.82) is 0 Å². The second-order valence-corrected chi connectivity index (χ2v) is 7.96. The van der Waals surface area contributed by atoms with E-state index in [4.69, 9.17) is 9.47 Å². The third-order valence-corrected chi connectivity index (χ3v) is 6.24. The minimum absolute atomic E-state index is 0.0212. The highest BCUT2D eigenvalue weighted by Gasteiger charge is 2.34. The van der Waals surface area contributed by atoms with Crippen molar-refractivity contribution in [2.75, 3.05) is 23.5 Å². The van der Waals surface area contributed by atoms with E-state index in [-0.39, 0.29) is 11.9 Å². The Labute approximate surface area is 178 Å². The average Bonchev–Trinajstić information content (AvgIpc) is 2.68. The third kappa shape index (κ3) is 3.02. The van der Waals surface area contributed by atoms with Crippen LogP contribution in [0.15, 0.2) is 35.1 Å². The van der Waals surface area contributed by atoms with Gasteiger partial charge in [-0.15, -0.1) is 0 Å². The van der Waals surface area contributed by atoms with Crippen LogP contribution in [-0.4, -0.2) is 34.7 Å². The van der Waals surface area contributed by atoms with Crippen LogP contribution in [0.25, 0.3) is 10.9 Å². The number of aromatic nitrogens is 2. The van der Waals surface area contributed by atoms with Gasteiger partial charge in [-0.1, -0.05) is 38.5 Å². The van der Waals surface area contributed by atoms with E-state index >= 15 is 0 Å². The molecule has 2 aromatic carbocycles. The first-order valence-corrected chi connectivity index (χ1v) is 10.6. The molecule has 0 radical (unpaired) electrons. The van der Waals surface area contributed by atoms with E-state index in [9.17, 15) is 4.39 Å². The van der Waals surface area contributed by atoms with Crippen molar-refractivity contribution >= 4 is 60.9 Å². The van der Waals surface area contributed by atoms with Crippen molar-refractivity contribution in [3.8, 4) is 11.5 Å². The number of anilines is 2. The van der Waals surface area contributed by atoms with Crippen LogP contribution in [0.5, 0.6) is 11.5 Å². The van der Waals surface area contributed by atoms with Gasteiger partial charge in [-0.2, -0.15) is 0 Å². The van der Waals surface area contributed by atoms with Crippen LogP contribution in [0.1, 0.15) is 5.56 Å². The summed E-state index contributed by atoms with van der Waals surface area (Å²) in [5.41, 5.74) is 2.25.